The fourth-order valence-electron chi connectivity index (χ4n) is 3.76. The molecule has 0 aliphatic rings. The molecule has 0 fully saturated rings. The Bertz CT molecular complexity index is 1650. The molecule has 0 atom stereocenters. The molecule has 2 amide bonds. The average Bonchev–Trinajstić information content (AvgIpc) is 3.54. The van der Waals surface area contributed by atoms with Crippen LogP contribution >= 0.6 is 23.1 Å². The highest BCUT2D eigenvalue weighted by molar-refractivity contribution is 7.99. The van der Waals surface area contributed by atoms with Crippen molar-refractivity contribution < 1.29 is 14.5 Å². The molecular formula is C26H21N7O4S2. The van der Waals surface area contributed by atoms with Gasteiger partial charge in [0.25, 0.3) is 11.6 Å². The number of carbonyl (C=O) groups is 2. The van der Waals surface area contributed by atoms with Gasteiger partial charge in [0.2, 0.25) is 5.91 Å². The molecule has 196 valence electrons. The van der Waals surface area contributed by atoms with E-state index in [0.717, 1.165) is 15.9 Å². The lowest BCUT2D eigenvalue weighted by atomic mass is 10.1. The second kappa shape index (κ2) is 11.4. The lowest BCUT2D eigenvalue weighted by molar-refractivity contribution is -0.385. The zero-order chi connectivity index (χ0) is 27.4. The summed E-state index contributed by atoms with van der Waals surface area (Å²) < 4.78 is 2.74. The van der Waals surface area contributed by atoms with Crippen molar-refractivity contribution in [1.82, 2.24) is 25.1 Å². The van der Waals surface area contributed by atoms with Gasteiger partial charge in [-0.3, -0.25) is 24.3 Å². The third kappa shape index (κ3) is 5.94. The number of rotatable bonds is 9. The number of fused-ring (bicyclic) bond motifs is 1. The predicted molar refractivity (Wildman–Crippen MR) is 149 cm³/mol. The van der Waals surface area contributed by atoms with Crippen LogP contribution in [0, 0.1) is 17.0 Å². The van der Waals surface area contributed by atoms with Crippen LogP contribution in [-0.2, 0) is 11.3 Å². The fraction of sp³-hybridized carbons (Fsp3) is 0.115. The number of anilines is 1. The number of carbonyl (C=O) groups excluding carboxylic acids is 2. The highest BCUT2D eigenvalue weighted by Crippen LogP contribution is 2.27. The van der Waals surface area contributed by atoms with Crippen molar-refractivity contribution in [2.75, 3.05) is 11.1 Å². The first-order valence-electron chi connectivity index (χ1n) is 11.7. The lowest BCUT2D eigenvalue weighted by Gasteiger charge is -2.11. The van der Waals surface area contributed by atoms with Crippen LogP contribution in [0.25, 0.3) is 15.9 Å². The van der Waals surface area contributed by atoms with Gasteiger partial charge in [-0.05, 0) is 37.3 Å². The van der Waals surface area contributed by atoms with E-state index in [1.165, 1.54) is 41.3 Å². The van der Waals surface area contributed by atoms with Crippen molar-refractivity contribution in [2.24, 2.45) is 0 Å². The van der Waals surface area contributed by atoms with E-state index >= 15 is 0 Å². The number of nitrogens with one attached hydrogen (secondary N) is 2. The maximum Gasteiger partial charge on any atom is 0.273 e. The maximum absolute atomic E-state index is 12.8. The SMILES string of the molecule is Cc1ccc(C(=O)NCc2nnc(SCC(=O)Nc3nc4ccccc4s3)n2-c2ccccc2)cc1[N+](=O)[O-]. The molecule has 0 aliphatic carbocycles. The van der Waals surface area contributed by atoms with Crippen molar-refractivity contribution in [2.45, 2.75) is 18.6 Å². The van der Waals surface area contributed by atoms with Crippen LogP contribution in [0.5, 0.6) is 0 Å². The number of amides is 2. The first-order valence-corrected chi connectivity index (χ1v) is 13.5. The summed E-state index contributed by atoms with van der Waals surface area (Å²) in [7, 11) is 0. The first kappa shape index (κ1) is 26.0. The van der Waals surface area contributed by atoms with Crippen molar-refractivity contribution in [3.8, 4) is 5.69 Å². The van der Waals surface area contributed by atoms with Crippen molar-refractivity contribution in [3.05, 3.63) is 99.9 Å². The van der Waals surface area contributed by atoms with Gasteiger partial charge in [0, 0.05) is 22.9 Å². The first-order chi connectivity index (χ1) is 18.9. The summed E-state index contributed by atoms with van der Waals surface area (Å²) in [6.45, 7) is 1.63. The number of nitrogens with zero attached hydrogens (tertiary/aromatic N) is 5. The van der Waals surface area contributed by atoms with E-state index in [0.29, 0.717) is 21.7 Å². The van der Waals surface area contributed by atoms with Crippen LogP contribution in [0.4, 0.5) is 10.8 Å². The molecule has 0 radical (unpaired) electrons. The zero-order valence-electron chi connectivity index (χ0n) is 20.5. The highest BCUT2D eigenvalue weighted by atomic mass is 32.2. The summed E-state index contributed by atoms with van der Waals surface area (Å²) in [6, 6.07) is 21.3. The van der Waals surface area contributed by atoms with E-state index in [2.05, 4.69) is 25.8 Å². The van der Waals surface area contributed by atoms with Crippen LogP contribution < -0.4 is 10.6 Å². The topological polar surface area (TPSA) is 145 Å². The van der Waals surface area contributed by atoms with Gasteiger partial charge in [-0.25, -0.2) is 4.98 Å². The Morgan fingerprint density at radius 1 is 1.05 bits per heavy atom. The van der Waals surface area contributed by atoms with Gasteiger partial charge in [-0.15, -0.1) is 10.2 Å². The molecule has 0 unspecified atom stereocenters. The number of hydrogen-bond donors (Lipinski definition) is 2. The third-order valence-corrected chi connectivity index (χ3v) is 7.54. The number of thioether (sulfide) groups is 1. The summed E-state index contributed by atoms with van der Waals surface area (Å²) >= 11 is 2.60. The van der Waals surface area contributed by atoms with E-state index in [9.17, 15) is 19.7 Å². The number of aryl methyl sites for hydroxylation is 1. The van der Waals surface area contributed by atoms with Crippen molar-refractivity contribution in [1.29, 1.82) is 0 Å². The minimum absolute atomic E-state index is 0.0147. The number of aromatic nitrogens is 4. The largest absolute Gasteiger partial charge is 0.345 e. The second-order valence-corrected chi connectivity index (χ2v) is 10.3. The standard InChI is InChI=1S/C26H21N7O4S2/c1-16-11-12-17(13-20(16)33(36)37)24(35)27-14-22-30-31-26(32(22)18-7-3-2-4-8-18)38-15-23(34)29-25-28-19-9-5-6-10-21(19)39-25/h2-13H,14-15H2,1H3,(H,27,35)(H,28,29,34). The molecule has 3 aromatic carbocycles. The Morgan fingerprint density at radius 2 is 1.82 bits per heavy atom. The second-order valence-electron chi connectivity index (χ2n) is 8.33. The van der Waals surface area contributed by atoms with Gasteiger partial charge in [0.15, 0.2) is 16.1 Å². The summed E-state index contributed by atoms with van der Waals surface area (Å²) in [5.41, 5.74) is 2.08. The molecule has 39 heavy (non-hydrogen) atoms. The van der Waals surface area contributed by atoms with Gasteiger partial charge in [-0.2, -0.15) is 0 Å². The van der Waals surface area contributed by atoms with Crippen LogP contribution in [0.15, 0.2) is 78.0 Å². The predicted octanol–water partition coefficient (Wildman–Crippen LogP) is 4.75. The normalized spacial score (nSPS) is 10.9. The molecule has 2 heterocycles. The van der Waals surface area contributed by atoms with E-state index in [-0.39, 0.29) is 29.5 Å². The Morgan fingerprint density at radius 3 is 2.59 bits per heavy atom. The van der Waals surface area contributed by atoms with Crippen LogP contribution in [-0.4, -0.2) is 42.2 Å². The minimum atomic E-state index is -0.519. The molecule has 0 saturated carbocycles. The molecule has 11 nitrogen and oxygen atoms in total. The molecule has 0 saturated heterocycles. The molecule has 0 aliphatic heterocycles. The quantitative estimate of drug-likeness (QED) is 0.149. The zero-order valence-corrected chi connectivity index (χ0v) is 22.2. The van der Waals surface area contributed by atoms with Crippen LogP contribution in [0.3, 0.4) is 0 Å². The van der Waals surface area contributed by atoms with Gasteiger partial charge in [0.1, 0.15) is 0 Å². The Hall–Kier alpha value is -4.62. The van der Waals surface area contributed by atoms with E-state index in [1.54, 1.807) is 11.5 Å². The van der Waals surface area contributed by atoms with E-state index < -0.39 is 10.8 Å². The summed E-state index contributed by atoms with van der Waals surface area (Å²) in [6.07, 6.45) is 0. The number of thiazole rings is 1. The maximum atomic E-state index is 12.8. The molecule has 5 rings (SSSR count). The fourth-order valence-corrected chi connectivity index (χ4v) is 5.42. The molecule has 2 N–H and O–H groups in total. The number of benzene rings is 3. The number of nitro benzene ring substituents is 1. The van der Waals surface area contributed by atoms with E-state index in [4.69, 9.17) is 0 Å². The van der Waals surface area contributed by atoms with Crippen molar-refractivity contribution >= 4 is 55.9 Å². The third-order valence-electron chi connectivity index (χ3n) is 5.66. The molecule has 0 bridgehead atoms. The molecular weight excluding hydrogens is 538 g/mol. The van der Waals surface area contributed by atoms with Gasteiger partial charge < -0.3 is 10.6 Å². The molecule has 2 aromatic heterocycles. The average molecular weight is 560 g/mol. The van der Waals surface area contributed by atoms with Gasteiger partial charge >= 0.3 is 0 Å². The molecule has 13 heteroatoms. The van der Waals surface area contributed by atoms with Crippen molar-refractivity contribution in [3.63, 3.8) is 0 Å². The summed E-state index contributed by atoms with van der Waals surface area (Å²) in [5.74, 6) is -0.215. The lowest BCUT2D eigenvalue weighted by Crippen LogP contribution is -2.24. The summed E-state index contributed by atoms with van der Waals surface area (Å²) in [5, 5.41) is 26.3. The number of nitro groups is 1. The van der Waals surface area contributed by atoms with Crippen LogP contribution in [0.2, 0.25) is 0 Å². The smallest absolute Gasteiger partial charge is 0.273 e. The monoisotopic (exact) mass is 559 g/mol. The molecule has 0 spiro atoms. The summed E-state index contributed by atoms with van der Waals surface area (Å²) in [4.78, 5) is 40.6. The Labute approximate surface area is 230 Å². The number of hydrogen-bond acceptors (Lipinski definition) is 9. The molecule has 5 aromatic rings. The van der Waals surface area contributed by atoms with E-state index in [1.807, 2.05) is 54.6 Å². The van der Waals surface area contributed by atoms with Gasteiger partial charge in [0.05, 0.1) is 27.4 Å². The minimum Gasteiger partial charge on any atom is -0.345 e. The van der Waals surface area contributed by atoms with Crippen LogP contribution in [0.1, 0.15) is 21.7 Å². The number of para-hydroxylation sites is 2. The Kier molecular flexibility index (Phi) is 7.61. The Balaban J connectivity index is 1.30. The van der Waals surface area contributed by atoms with Gasteiger partial charge in [-0.1, -0.05) is 59.5 Å². The highest BCUT2D eigenvalue weighted by Gasteiger charge is 2.19.